The molecule has 5 atom stereocenters. The van der Waals surface area contributed by atoms with E-state index >= 15 is 0 Å². The van der Waals surface area contributed by atoms with Crippen molar-refractivity contribution < 1.29 is 18.8 Å². The fourth-order valence-corrected chi connectivity index (χ4v) is 5.18. The highest BCUT2D eigenvalue weighted by atomic mass is 19.1. The number of hydrogen-bond acceptors (Lipinski definition) is 3. The number of amides is 3. The van der Waals surface area contributed by atoms with Crippen LogP contribution in [0.5, 0.6) is 0 Å². The van der Waals surface area contributed by atoms with Gasteiger partial charge in [0, 0.05) is 5.69 Å². The number of rotatable bonds is 5. The van der Waals surface area contributed by atoms with Crippen molar-refractivity contribution in [1.29, 1.82) is 0 Å². The summed E-state index contributed by atoms with van der Waals surface area (Å²) in [6.45, 7) is 0. The molecule has 2 bridgehead atoms. The van der Waals surface area contributed by atoms with E-state index in [1.165, 1.54) is 29.2 Å². The van der Waals surface area contributed by atoms with Gasteiger partial charge in [0.2, 0.25) is 17.7 Å². The Bertz CT molecular complexity index is 1000. The Balaban J connectivity index is 1.44. The number of allylic oxidation sites excluding steroid dienone is 2. The fourth-order valence-electron chi connectivity index (χ4n) is 5.18. The van der Waals surface area contributed by atoms with Gasteiger partial charge in [-0.2, -0.15) is 0 Å². The molecule has 3 amide bonds. The van der Waals surface area contributed by atoms with Crippen molar-refractivity contribution in [1.82, 2.24) is 4.90 Å². The summed E-state index contributed by atoms with van der Waals surface area (Å²) in [5, 5.41) is 2.81. The van der Waals surface area contributed by atoms with Crippen molar-refractivity contribution in [3.8, 4) is 0 Å². The lowest BCUT2D eigenvalue weighted by molar-refractivity contribution is -0.144. The molecule has 0 spiro atoms. The van der Waals surface area contributed by atoms with Crippen LogP contribution in [0, 0.1) is 29.5 Å². The SMILES string of the molecule is O=C(CC(c1ccc(F)cc1)N1C(=O)C2C3C=CC(C3)C2C1=O)Nc1ccccc1. The molecule has 152 valence electrons. The van der Waals surface area contributed by atoms with Gasteiger partial charge in [-0.15, -0.1) is 0 Å². The van der Waals surface area contributed by atoms with E-state index in [9.17, 15) is 18.8 Å². The molecule has 0 radical (unpaired) electrons. The summed E-state index contributed by atoms with van der Waals surface area (Å²) in [7, 11) is 0. The summed E-state index contributed by atoms with van der Waals surface area (Å²) >= 11 is 0. The maximum absolute atomic E-state index is 13.5. The molecule has 2 aliphatic carbocycles. The number of carbonyl (C=O) groups is 3. The Hall–Kier alpha value is -3.28. The molecule has 6 heteroatoms. The Kier molecular flexibility index (Phi) is 4.50. The number of likely N-dealkylation sites (tertiary alicyclic amines) is 1. The van der Waals surface area contributed by atoms with Crippen LogP contribution < -0.4 is 5.32 Å². The van der Waals surface area contributed by atoms with Crippen molar-refractivity contribution in [3.05, 3.63) is 78.1 Å². The Morgan fingerprint density at radius 2 is 1.57 bits per heavy atom. The minimum atomic E-state index is -0.765. The lowest BCUT2D eigenvalue weighted by atomic mass is 9.85. The van der Waals surface area contributed by atoms with Crippen LogP contribution in [0.25, 0.3) is 0 Å². The zero-order valence-electron chi connectivity index (χ0n) is 16.2. The van der Waals surface area contributed by atoms with Crippen LogP contribution in [0.3, 0.4) is 0 Å². The van der Waals surface area contributed by atoms with Gasteiger partial charge < -0.3 is 5.32 Å². The van der Waals surface area contributed by atoms with Crippen LogP contribution in [-0.2, 0) is 14.4 Å². The first-order valence-corrected chi connectivity index (χ1v) is 10.2. The number of fused-ring (bicyclic) bond motifs is 5. The largest absolute Gasteiger partial charge is 0.326 e. The van der Waals surface area contributed by atoms with Gasteiger partial charge in [0.15, 0.2) is 0 Å². The van der Waals surface area contributed by atoms with E-state index in [2.05, 4.69) is 5.32 Å². The van der Waals surface area contributed by atoms with Gasteiger partial charge in [-0.1, -0.05) is 42.5 Å². The predicted molar refractivity (Wildman–Crippen MR) is 108 cm³/mol. The van der Waals surface area contributed by atoms with Crippen molar-refractivity contribution in [2.24, 2.45) is 23.7 Å². The van der Waals surface area contributed by atoms with Gasteiger partial charge in [0.05, 0.1) is 24.3 Å². The van der Waals surface area contributed by atoms with E-state index in [1.54, 1.807) is 12.1 Å². The molecule has 2 fully saturated rings. The summed E-state index contributed by atoms with van der Waals surface area (Å²) in [5.41, 5.74) is 1.21. The van der Waals surface area contributed by atoms with Gasteiger partial charge in [0.25, 0.3) is 0 Å². The summed E-state index contributed by atoms with van der Waals surface area (Å²) in [5.74, 6) is -1.66. The highest BCUT2D eigenvalue weighted by Gasteiger charge is 2.60. The number of imide groups is 1. The molecule has 1 heterocycles. The van der Waals surface area contributed by atoms with Gasteiger partial charge in [-0.25, -0.2) is 4.39 Å². The number of carbonyl (C=O) groups excluding carboxylic acids is 3. The quantitative estimate of drug-likeness (QED) is 0.610. The van der Waals surface area contributed by atoms with Gasteiger partial charge in [-0.3, -0.25) is 19.3 Å². The van der Waals surface area contributed by atoms with Crippen LogP contribution in [0.1, 0.15) is 24.4 Å². The van der Waals surface area contributed by atoms with Crippen LogP contribution in [0.15, 0.2) is 66.7 Å². The third-order valence-electron chi connectivity index (χ3n) is 6.51. The number of nitrogens with one attached hydrogen (secondary N) is 1. The number of benzene rings is 2. The van der Waals surface area contributed by atoms with E-state index < -0.39 is 11.9 Å². The van der Waals surface area contributed by atoms with Crippen molar-refractivity contribution in [3.63, 3.8) is 0 Å². The van der Waals surface area contributed by atoms with E-state index in [-0.39, 0.29) is 47.8 Å². The number of hydrogen-bond donors (Lipinski definition) is 1. The maximum atomic E-state index is 13.5. The predicted octanol–water partition coefficient (Wildman–Crippen LogP) is 3.70. The standard InChI is InChI=1S/C24H21FN2O3/c25-17-10-8-14(9-11-17)19(13-20(28)26-18-4-2-1-3-5-18)27-23(29)21-15-6-7-16(12-15)22(21)24(27)30/h1-11,15-16,19,21-22H,12-13H2,(H,26,28). The molecule has 1 saturated carbocycles. The molecule has 2 aromatic rings. The summed E-state index contributed by atoms with van der Waals surface area (Å²) in [4.78, 5) is 40.6. The molecule has 0 aromatic heterocycles. The monoisotopic (exact) mass is 404 g/mol. The number of halogens is 1. The summed E-state index contributed by atoms with van der Waals surface area (Å²) in [6.07, 6.45) is 4.83. The van der Waals surface area contributed by atoms with Gasteiger partial charge in [0.1, 0.15) is 5.82 Å². The van der Waals surface area contributed by atoms with E-state index in [0.29, 0.717) is 11.3 Å². The lowest BCUT2D eigenvalue weighted by Gasteiger charge is -2.28. The average Bonchev–Trinajstić information content (AvgIpc) is 3.42. The molecule has 2 aromatic carbocycles. The Morgan fingerprint density at radius 1 is 0.967 bits per heavy atom. The first-order valence-electron chi connectivity index (χ1n) is 10.2. The zero-order valence-corrected chi connectivity index (χ0v) is 16.2. The highest BCUT2D eigenvalue weighted by Crippen LogP contribution is 2.54. The molecular formula is C24H21FN2O3. The first kappa shape index (κ1) is 18.7. The van der Waals surface area contributed by atoms with Gasteiger partial charge in [-0.05, 0) is 48.1 Å². The zero-order chi connectivity index (χ0) is 20.8. The van der Waals surface area contributed by atoms with E-state index in [0.717, 1.165) is 6.42 Å². The molecule has 1 N–H and O–H groups in total. The van der Waals surface area contributed by atoms with Crippen molar-refractivity contribution >= 4 is 23.4 Å². The normalized spacial score (nSPS) is 27.4. The van der Waals surface area contributed by atoms with Crippen LogP contribution in [0.4, 0.5) is 10.1 Å². The second-order valence-corrected chi connectivity index (χ2v) is 8.23. The Labute approximate surface area is 173 Å². The third-order valence-corrected chi connectivity index (χ3v) is 6.51. The van der Waals surface area contributed by atoms with Crippen LogP contribution in [0.2, 0.25) is 0 Å². The molecule has 5 unspecified atom stereocenters. The second-order valence-electron chi connectivity index (χ2n) is 8.23. The smallest absolute Gasteiger partial charge is 0.234 e. The third kappa shape index (κ3) is 3.03. The number of nitrogens with zero attached hydrogens (tertiary/aromatic N) is 1. The topological polar surface area (TPSA) is 66.5 Å². The minimum Gasteiger partial charge on any atom is -0.326 e. The second kappa shape index (κ2) is 7.20. The summed E-state index contributed by atoms with van der Waals surface area (Å²) in [6, 6.07) is 13.9. The van der Waals surface area contributed by atoms with Crippen LogP contribution in [-0.4, -0.2) is 22.6 Å². The minimum absolute atomic E-state index is 0.0831. The molecule has 5 nitrogen and oxygen atoms in total. The van der Waals surface area contributed by atoms with Crippen LogP contribution >= 0.6 is 0 Å². The molecular weight excluding hydrogens is 383 g/mol. The van der Waals surface area contributed by atoms with E-state index in [4.69, 9.17) is 0 Å². The molecule has 30 heavy (non-hydrogen) atoms. The highest BCUT2D eigenvalue weighted by molar-refractivity contribution is 6.07. The molecule has 5 rings (SSSR count). The van der Waals surface area contributed by atoms with Crippen molar-refractivity contribution in [2.75, 3.05) is 5.32 Å². The summed E-state index contributed by atoms with van der Waals surface area (Å²) < 4.78 is 13.5. The van der Waals surface area contributed by atoms with E-state index in [1.807, 2.05) is 30.4 Å². The Morgan fingerprint density at radius 3 is 2.17 bits per heavy atom. The fraction of sp³-hybridized carbons (Fsp3) is 0.292. The molecule has 1 aliphatic heterocycles. The van der Waals surface area contributed by atoms with Gasteiger partial charge >= 0.3 is 0 Å². The lowest BCUT2D eigenvalue weighted by Crippen LogP contribution is -2.38. The molecule has 3 aliphatic rings. The van der Waals surface area contributed by atoms with Crippen molar-refractivity contribution in [2.45, 2.75) is 18.9 Å². The molecule has 1 saturated heterocycles. The maximum Gasteiger partial charge on any atom is 0.234 e. The number of anilines is 1. The average molecular weight is 404 g/mol. The number of para-hydroxylation sites is 1. The first-order chi connectivity index (χ1) is 14.5.